The molecule has 4 aromatic rings. The summed E-state index contributed by atoms with van der Waals surface area (Å²) in [5.41, 5.74) is 0.545. The Bertz CT molecular complexity index is 1440. The van der Waals surface area contributed by atoms with Gasteiger partial charge in [-0.15, -0.1) is 0 Å². The van der Waals surface area contributed by atoms with Gasteiger partial charge >= 0.3 is 12.2 Å². The zero-order valence-electron chi connectivity index (χ0n) is 17.2. The number of anilines is 2. The third-order valence-corrected chi connectivity index (χ3v) is 4.84. The summed E-state index contributed by atoms with van der Waals surface area (Å²) in [4.78, 5) is 33.3. The number of carbonyl (C=O) groups excluding carboxylic acids is 2. The van der Waals surface area contributed by atoms with Gasteiger partial charge in [-0.1, -0.05) is 0 Å². The third kappa shape index (κ3) is 4.83. The number of carbonyl (C=O) groups is 2. The molecule has 3 aromatic carbocycles. The lowest BCUT2D eigenvalue weighted by atomic mass is 10.0. The van der Waals surface area contributed by atoms with Crippen molar-refractivity contribution in [2.45, 2.75) is 6.18 Å². The molecule has 0 atom stereocenters. The number of hydrogen-bond donors (Lipinski definition) is 2. The summed E-state index contributed by atoms with van der Waals surface area (Å²) in [5.74, 6) is -0.249. The number of alkyl halides is 3. The van der Waals surface area contributed by atoms with Crippen molar-refractivity contribution < 1.29 is 22.8 Å². The minimum Gasteiger partial charge on any atom is -0.308 e. The van der Waals surface area contributed by atoms with E-state index in [4.69, 9.17) is 5.26 Å². The van der Waals surface area contributed by atoms with E-state index in [2.05, 4.69) is 20.6 Å². The molecule has 0 aliphatic carbocycles. The van der Waals surface area contributed by atoms with Crippen LogP contribution >= 0.6 is 0 Å². The number of rotatable bonds is 4. The van der Waals surface area contributed by atoms with Gasteiger partial charge in [-0.3, -0.25) is 14.8 Å². The first-order valence-corrected chi connectivity index (χ1v) is 9.79. The molecule has 0 fully saturated rings. The second kappa shape index (κ2) is 8.99. The number of hydrogen-bond acceptors (Lipinski definition) is 5. The molecule has 7 nitrogen and oxygen atoms in total. The molecule has 2 N–H and O–H groups in total. The van der Waals surface area contributed by atoms with E-state index in [1.165, 1.54) is 42.6 Å². The summed E-state index contributed by atoms with van der Waals surface area (Å²) in [7, 11) is 0. The fourth-order valence-corrected chi connectivity index (χ4v) is 3.22. The van der Waals surface area contributed by atoms with Gasteiger partial charge in [-0.05, 0) is 60.7 Å². The molecule has 0 aliphatic heterocycles. The van der Waals surface area contributed by atoms with E-state index in [1.807, 2.05) is 0 Å². The van der Waals surface area contributed by atoms with Gasteiger partial charge in [0, 0.05) is 34.9 Å². The normalized spacial score (nSPS) is 11.0. The highest BCUT2D eigenvalue weighted by atomic mass is 19.4. The highest BCUT2D eigenvalue weighted by Gasteiger charge is 2.34. The average molecular weight is 461 g/mol. The van der Waals surface area contributed by atoms with Gasteiger partial charge in [0.25, 0.3) is 0 Å². The first kappa shape index (κ1) is 22.4. The summed E-state index contributed by atoms with van der Waals surface area (Å²) >= 11 is 0. The standard InChI is InChI=1S/C24H14F3N5O2/c25-24(26,27)19-12-18(7-3-16(19)13-28)32-23(34)31-17-5-1-14(2-6-17)22(33)15-4-8-20-21(11-15)30-10-9-29-20/h1-12H,(H2,31,32,34). The summed E-state index contributed by atoms with van der Waals surface area (Å²) in [5, 5.41) is 13.6. The Morgan fingerprint density at radius 3 is 2.09 bits per heavy atom. The molecule has 168 valence electrons. The molecule has 0 spiro atoms. The monoisotopic (exact) mass is 461 g/mol. The topological polar surface area (TPSA) is 108 Å². The molecule has 4 rings (SSSR count). The number of fused-ring (bicyclic) bond motifs is 1. The van der Waals surface area contributed by atoms with Gasteiger partial charge in [0.1, 0.15) is 0 Å². The summed E-state index contributed by atoms with van der Waals surface area (Å²) in [6.45, 7) is 0. The molecular weight excluding hydrogens is 447 g/mol. The van der Waals surface area contributed by atoms with Crippen molar-refractivity contribution in [2.24, 2.45) is 0 Å². The Balaban J connectivity index is 1.45. The van der Waals surface area contributed by atoms with E-state index >= 15 is 0 Å². The second-order valence-corrected chi connectivity index (χ2v) is 7.12. The lowest BCUT2D eigenvalue weighted by Crippen LogP contribution is -2.20. The van der Waals surface area contributed by atoms with Crippen molar-refractivity contribution in [1.29, 1.82) is 5.26 Å². The summed E-state index contributed by atoms with van der Waals surface area (Å²) in [6, 6.07) is 14.6. The molecule has 1 aromatic heterocycles. The van der Waals surface area contributed by atoms with Crippen LogP contribution in [0.1, 0.15) is 27.0 Å². The highest BCUT2D eigenvalue weighted by molar-refractivity contribution is 6.10. The van der Waals surface area contributed by atoms with Gasteiger partial charge in [-0.2, -0.15) is 18.4 Å². The van der Waals surface area contributed by atoms with Gasteiger partial charge in [0.2, 0.25) is 0 Å². The van der Waals surface area contributed by atoms with E-state index in [1.54, 1.807) is 24.4 Å². The van der Waals surface area contributed by atoms with E-state index < -0.39 is 23.3 Å². The van der Waals surface area contributed by atoms with Crippen LogP contribution in [0.4, 0.5) is 29.3 Å². The summed E-state index contributed by atoms with van der Waals surface area (Å²) < 4.78 is 39.3. The van der Waals surface area contributed by atoms with Gasteiger partial charge in [0.05, 0.1) is 28.2 Å². The number of urea groups is 1. The number of nitriles is 1. The first-order chi connectivity index (χ1) is 16.2. The van der Waals surface area contributed by atoms with Crippen molar-refractivity contribution in [3.8, 4) is 6.07 Å². The molecule has 34 heavy (non-hydrogen) atoms. The van der Waals surface area contributed by atoms with Crippen LogP contribution in [0.15, 0.2) is 73.1 Å². The molecule has 0 aliphatic rings. The molecule has 10 heteroatoms. The van der Waals surface area contributed by atoms with Gasteiger partial charge in [-0.25, -0.2) is 4.79 Å². The van der Waals surface area contributed by atoms with Crippen molar-refractivity contribution in [1.82, 2.24) is 9.97 Å². The predicted molar refractivity (Wildman–Crippen MR) is 118 cm³/mol. The highest BCUT2D eigenvalue weighted by Crippen LogP contribution is 2.33. The smallest absolute Gasteiger partial charge is 0.308 e. The molecule has 0 unspecified atom stereocenters. The third-order valence-electron chi connectivity index (χ3n) is 4.84. The zero-order chi connectivity index (χ0) is 24.3. The number of nitrogens with zero attached hydrogens (tertiary/aromatic N) is 3. The number of ketones is 1. The van der Waals surface area contributed by atoms with Crippen LogP contribution < -0.4 is 10.6 Å². The van der Waals surface area contributed by atoms with E-state index in [-0.39, 0.29) is 11.5 Å². The molecular formula is C24H14F3N5O2. The van der Waals surface area contributed by atoms with Crippen LogP contribution in [0.3, 0.4) is 0 Å². The number of benzene rings is 3. The van der Waals surface area contributed by atoms with Crippen LogP contribution in [0, 0.1) is 11.3 Å². The molecule has 0 saturated heterocycles. The summed E-state index contributed by atoms with van der Waals surface area (Å²) in [6.07, 6.45) is -1.65. The quantitative estimate of drug-likeness (QED) is 0.396. The van der Waals surface area contributed by atoms with Crippen molar-refractivity contribution >= 4 is 34.2 Å². The molecule has 0 radical (unpaired) electrons. The van der Waals surface area contributed by atoms with E-state index in [0.717, 1.165) is 6.07 Å². The van der Waals surface area contributed by atoms with Crippen LogP contribution in [0.2, 0.25) is 0 Å². The Morgan fingerprint density at radius 1 is 0.794 bits per heavy atom. The van der Waals surface area contributed by atoms with Crippen molar-refractivity contribution in [3.63, 3.8) is 0 Å². The fourth-order valence-electron chi connectivity index (χ4n) is 3.22. The van der Waals surface area contributed by atoms with E-state index in [9.17, 15) is 22.8 Å². The van der Waals surface area contributed by atoms with Crippen LogP contribution in [-0.2, 0) is 6.18 Å². The van der Waals surface area contributed by atoms with Gasteiger partial charge in [0.15, 0.2) is 5.78 Å². The molecule has 1 heterocycles. The molecule has 0 bridgehead atoms. The zero-order valence-corrected chi connectivity index (χ0v) is 17.2. The average Bonchev–Trinajstić information content (AvgIpc) is 2.83. The Hall–Kier alpha value is -4.78. The lowest BCUT2D eigenvalue weighted by molar-refractivity contribution is -0.137. The Morgan fingerprint density at radius 2 is 1.41 bits per heavy atom. The maximum Gasteiger partial charge on any atom is 0.417 e. The fraction of sp³-hybridized carbons (Fsp3) is 0.0417. The van der Waals surface area contributed by atoms with Crippen molar-refractivity contribution in [3.05, 3.63) is 95.3 Å². The van der Waals surface area contributed by atoms with Gasteiger partial charge < -0.3 is 10.6 Å². The maximum atomic E-state index is 13.1. The van der Waals surface area contributed by atoms with Crippen molar-refractivity contribution in [2.75, 3.05) is 10.6 Å². The van der Waals surface area contributed by atoms with E-state index in [0.29, 0.717) is 33.9 Å². The Labute approximate surface area is 190 Å². The maximum absolute atomic E-state index is 13.1. The number of halogens is 3. The predicted octanol–water partition coefficient (Wildman–Crippen LogP) is 5.40. The molecule has 0 saturated carbocycles. The Kier molecular flexibility index (Phi) is 5.93. The van der Waals surface area contributed by atoms with Crippen LogP contribution in [-0.4, -0.2) is 21.8 Å². The lowest BCUT2D eigenvalue weighted by Gasteiger charge is -2.12. The SMILES string of the molecule is N#Cc1ccc(NC(=O)Nc2ccc(C(=O)c3ccc4nccnc4c3)cc2)cc1C(F)(F)F. The number of amides is 2. The van der Waals surface area contributed by atoms with Crippen LogP contribution in [0.25, 0.3) is 11.0 Å². The minimum absolute atomic E-state index is 0.130. The minimum atomic E-state index is -4.74. The number of aromatic nitrogens is 2. The largest absolute Gasteiger partial charge is 0.417 e. The number of nitrogens with one attached hydrogen (secondary N) is 2. The molecule has 2 amide bonds. The first-order valence-electron chi connectivity index (χ1n) is 9.79. The van der Waals surface area contributed by atoms with Crippen LogP contribution in [0.5, 0.6) is 0 Å². The second-order valence-electron chi connectivity index (χ2n) is 7.12.